The van der Waals surface area contributed by atoms with Crippen molar-refractivity contribution in [2.24, 2.45) is 5.92 Å². The Balaban J connectivity index is 1.30. The zero-order chi connectivity index (χ0) is 21.8. The van der Waals surface area contributed by atoms with Crippen molar-refractivity contribution in [2.75, 3.05) is 16.8 Å². The number of aromatic nitrogens is 2. The van der Waals surface area contributed by atoms with Gasteiger partial charge in [0.2, 0.25) is 16.9 Å². The van der Waals surface area contributed by atoms with Crippen LogP contribution in [0.1, 0.15) is 22.6 Å². The minimum atomic E-state index is -0.438. The number of nitrogens with one attached hydrogen (secondary N) is 1. The van der Waals surface area contributed by atoms with Crippen LogP contribution in [0.2, 0.25) is 5.02 Å². The molecule has 1 aromatic heterocycles. The maximum Gasteiger partial charge on any atom is 0.231 e. The first-order valence-electron chi connectivity index (χ1n) is 9.81. The fourth-order valence-corrected chi connectivity index (χ4v) is 5.24. The molecule has 1 fully saturated rings. The molecule has 6 nitrogen and oxygen atoms in total. The second-order valence-electron chi connectivity index (χ2n) is 7.31. The van der Waals surface area contributed by atoms with Gasteiger partial charge in [-0.05, 0) is 30.2 Å². The number of hydrogen-bond donors (Lipinski definition) is 1. The normalized spacial score (nSPS) is 16.0. The summed E-state index contributed by atoms with van der Waals surface area (Å²) in [6, 6.07) is 15.7. The van der Waals surface area contributed by atoms with Crippen molar-refractivity contribution in [1.82, 2.24) is 10.2 Å². The monoisotopic (exact) mass is 472 g/mol. The Morgan fingerprint density at radius 2 is 2.03 bits per heavy atom. The molecule has 0 radical (unpaired) electrons. The molecule has 1 aliphatic heterocycles. The number of benzene rings is 2. The highest BCUT2D eigenvalue weighted by Gasteiger charge is 2.35. The Hall–Kier alpha value is -2.42. The van der Waals surface area contributed by atoms with Gasteiger partial charge in [0, 0.05) is 35.2 Å². The molecule has 2 aromatic carbocycles. The summed E-state index contributed by atoms with van der Waals surface area (Å²) in [5.41, 5.74) is 2.92. The first kappa shape index (κ1) is 21.8. The third-order valence-corrected chi connectivity index (χ3v) is 7.44. The number of rotatable bonds is 7. The Bertz CT molecular complexity index is 1090. The van der Waals surface area contributed by atoms with Crippen LogP contribution in [-0.2, 0) is 21.1 Å². The highest BCUT2D eigenvalue weighted by Crippen LogP contribution is 2.30. The smallest absolute Gasteiger partial charge is 0.231 e. The summed E-state index contributed by atoms with van der Waals surface area (Å²) in [6.45, 7) is 2.23. The zero-order valence-electron chi connectivity index (χ0n) is 16.9. The minimum absolute atomic E-state index is 0.0877. The summed E-state index contributed by atoms with van der Waals surface area (Å²) in [5.74, 6) is 0.883. The predicted octanol–water partition coefficient (Wildman–Crippen LogP) is 4.92. The van der Waals surface area contributed by atoms with Gasteiger partial charge in [0.15, 0.2) is 0 Å². The average molecular weight is 473 g/mol. The number of amides is 2. The molecule has 2 heterocycles. The lowest BCUT2D eigenvalue weighted by Crippen LogP contribution is -2.28. The van der Waals surface area contributed by atoms with Gasteiger partial charge in [-0.15, -0.1) is 22.0 Å². The molecular weight excluding hydrogens is 452 g/mol. The molecule has 1 atom stereocenters. The van der Waals surface area contributed by atoms with Gasteiger partial charge in [-0.1, -0.05) is 59.3 Å². The summed E-state index contributed by atoms with van der Waals surface area (Å²) >= 11 is 9.30. The lowest BCUT2D eigenvalue weighted by atomic mass is 10.1. The van der Waals surface area contributed by atoms with E-state index < -0.39 is 5.92 Å². The van der Waals surface area contributed by atoms with Crippen LogP contribution in [0.3, 0.4) is 0 Å². The summed E-state index contributed by atoms with van der Waals surface area (Å²) in [7, 11) is 0. The SMILES string of the molecule is Cc1ccc(N2CC(C(=O)Nc3nnc(CSCc4ccccc4)s3)CC2=O)cc1Cl. The Morgan fingerprint density at radius 3 is 2.81 bits per heavy atom. The van der Waals surface area contributed by atoms with Crippen LogP contribution in [0.25, 0.3) is 0 Å². The maximum atomic E-state index is 12.7. The van der Waals surface area contributed by atoms with E-state index in [-0.39, 0.29) is 18.2 Å². The lowest BCUT2D eigenvalue weighted by molar-refractivity contribution is -0.122. The second-order valence-corrected chi connectivity index (χ2v) is 9.76. The minimum Gasteiger partial charge on any atom is -0.312 e. The van der Waals surface area contributed by atoms with Crippen molar-refractivity contribution in [2.45, 2.75) is 24.9 Å². The van der Waals surface area contributed by atoms with Crippen LogP contribution in [0, 0.1) is 12.8 Å². The van der Waals surface area contributed by atoms with Crippen LogP contribution in [0.5, 0.6) is 0 Å². The molecule has 0 spiro atoms. The lowest BCUT2D eigenvalue weighted by Gasteiger charge is -2.17. The Labute approximate surface area is 194 Å². The number of halogens is 1. The van der Waals surface area contributed by atoms with Gasteiger partial charge in [0.1, 0.15) is 5.01 Å². The van der Waals surface area contributed by atoms with E-state index in [9.17, 15) is 9.59 Å². The fraction of sp³-hybridized carbons (Fsp3) is 0.273. The van der Waals surface area contributed by atoms with E-state index in [2.05, 4.69) is 27.6 Å². The molecule has 0 bridgehead atoms. The van der Waals surface area contributed by atoms with Crippen molar-refractivity contribution in [3.63, 3.8) is 0 Å². The van der Waals surface area contributed by atoms with Crippen molar-refractivity contribution in [3.05, 3.63) is 69.7 Å². The first-order chi connectivity index (χ1) is 15.0. The molecule has 3 aromatic rings. The van der Waals surface area contributed by atoms with Gasteiger partial charge < -0.3 is 10.2 Å². The van der Waals surface area contributed by atoms with Gasteiger partial charge in [-0.2, -0.15) is 0 Å². The summed E-state index contributed by atoms with van der Waals surface area (Å²) in [5, 5.41) is 13.0. The maximum absolute atomic E-state index is 12.7. The highest BCUT2D eigenvalue weighted by atomic mass is 35.5. The number of aryl methyl sites for hydroxylation is 1. The average Bonchev–Trinajstić information content (AvgIpc) is 3.37. The van der Waals surface area contributed by atoms with Gasteiger partial charge in [0.05, 0.1) is 5.92 Å². The van der Waals surface area contributed by atoms with Crippen LogP contribution >= 0.6 is 34.7 Å². The van der Waals surface area contributed by atoms with Crippen molar-refractivity contribution >= 4 is 57.3 Å². The van der Waals surface area contributed by atoms with Crippen molar-refractivity contribution in [1.29, 1.82) is 0 Å². The van der Waals surface area contributed by atoms with Crippen LogP contribution < -0.4 is 10.2 Å². The predicted molar refractivity (Wildman–Crippen MR) is 127 cm³/mol. The van der Waals surface area contributed by atoms with Gasteiger partial charge >= 0.3 is 0 Å². The third kappa shape index (κ3) is 5.44. The number of carbonyl (C=O) groups excluding carboxylic acids is 2. The summed E-state index contributed by atoms with van der Waals surface area (Å²) in [4.78, 5) is 26.7. The second kappa shape index (κ2) is 9.80. The van der Waals surface area contributed by atoms with E-state index in [1.807, 2.05) is 37.3 Å². The highest BCUT2D eigenvalue weighted by molar-refractivity contribution is 7.97. The fourth-order valence-electron chi connectivity index (χ4n) is 3.28. The molecule has 9 heteroatoms. The third-order valence-electron chi connectivity index (χ3n) is 5.00. The zero-order valence-corrected chi connectivity index (χ0v) is 19.3. The molecule has 31 heavy (non-hydrogen) atoms. The summed E-state index contributed by atoms with van der Waals surface area (Å²) in [6.07, 6.45) is 0.163. The standard InChI is InChI=1S/C22H21ClN4O2S2/c1-14-7-8-17(10-18(14)23)27-11-16(9-20(27)28)21(29)24-22-26-25-19(31-22)13-30-12-15-5-3-2-4-6-15/h2-8,10,16H,9,11-13H2,1H3,(H,24,26,29). The van der Waals surface area contributed by atoms with E-state index in [0.29, 0.717) is 22.4 Å². The van der Waals surface area contributed by atoms with Crippen LogP contribution in [0.15, 0.2) is 48.5 Å². The molecule has 4 rings (SSSR count). The van der Waals surface area contributed by atoms with E-state index in [0.717, 1.165) is 22.1 Å². The number of anilines is 2. The quantitative estimate of drug-likeness (QED) is 0.528. The van der Waals surface area contributed by atoms with E-state index in [4.69, 9.17) is 11.6 Å². The number of thioether (sulfide) groups is 1. The van der Waals surface area contributed by atoms with Crippen molar-refractivity contribution < 1.29 is 9.59 Å². The molecule has 1 N–H and O–H groups in total. The topological polar surface area (TPSA) is 75.2 Å². The van der Waals surface area contributed by atoms with E-state index >= 15 is 0 Å². The van der Waals surface area contributed by atoms with Gasteiger partial charge in [-0.3, -0.25) is 9.59 Å². The number of nitrogens with zero attached hydrogens (tertiary/aromatic N) is 3. The summed E-state index contributed by atoms with van der Waals surface area (Å²) < 4.78 is 0. The van der Waals surface area contributed by atoms with Crippen LogP contribution in [-0.4, -0.2) is 28.6 Å². The van der Waals surface area contributed by atoms with E-state index in [1.165, 1.54) is 16.9 Å². The molecule has 160 valence electrons. The molecule has 1 saturated heterocycles. The van der Waals surface area contributed by atoms with Gasteiger partial charge in [-0.25, -0.2) is 0 Å². The first-order valence-corrected chi connectivity index (χ1v) is 12.2. The van der Waals surface area contributed by atoms with E-state index in [1.54, 1.807) is 22.7 Å². The molecule has 1 aliphatic rings. The number of carbonyl (C=O) groups is 2. The molecule has 2 amide bonds. The Kier molecular flexibility index (Phi) is 6.89. The Morgan fingerprint density at radius 1 is 1.23 bits per heavy atom. The molecular formula is C22H21ClN4O2S2. The van der Waals surface area contributed by atoms with Crippen LogP contribution in [0.4, 0.5) is 10.8 Å². The number of hydrogen-bond acceptors (Lipinski definition) is 6. The molecule has 0 aliphatic carbocycles. The molecule has 1 unspecified atom stereocenters. The largest absolute Gasteiger partial charge is 0.312 e. The van der Waals surface area contributed by atoms with Crippen molar-refractivity contribution in [3.8, 4) is 0 Å². The van der Waals surface area contributed by atoms with Gasteiger partial charge in [0.25, 0.3) is 0 Å². The molecule has 0 saturated carbocycles.